The number of benzene rings is 2. The molecule has 0 aliphatic heterocycles. The Morgan fingerprint density at radius 2 is 1.57 bits per heavy atom. The number of halogens is 3. The van der Waals surface area contributed by atoms with Gasteiger partial charge in [0, 0.05) is 16.1 Å². The summed E-state index contributed by atoms with van der Waals surface area (Å²) in [5.74, 6) is 0. The van der Waals surface area contributed by atoms with Crippen molar-refractivity contribution in [1.29, 1.82) is 0 Å². The second-order valence-electron chi connectivity index (χ2n) is 6.17. The Balaban J connectivity index is 2.50. The normalized spacial score (nSPS) is 13.7. The van der Waals surface area contributed by atoms with Crippen LogP contribution in [0, 0.1) is 0 Å². The summed E-state index contributed by atoms with van der Waals surface area (Å²) in [4.78, 5) is 0.109. The van der Waals surface area contributed by atoms with Crippen LogP contribution in [0.5, 0.6) is 0 Å². The molecule has 0 amide bonds. The Morgan fingerprint density at radius 1 is 0.957 bits per heavy atom. The van der Waals surface area contributed by atoms with Crippen molar-refractivity contribution >= 4 is 16.5 Å². The first-order valence-electron chi connectivity index (χ1n) is 7.04. The molecule has 2 nitrogen and oxygen atoms in total. The topological polar surface area (TPSA) is 29.1 Å². The lowest BCUT2D eigenvalue weighted by molar-refractivity contribution is -0.139. The fraction of sp³-hybridized carbons (Fsp3) is 0.294. The molecule has 2 aromatic rings. The summed E-state index contributed by atoms with van der Waals surface area (Å²) in [6.45, 7) is 5.57. The van der Waals surface area contributed by atoms with E-state index in [0.717, 1.165) is 6.07 Å². The molecule has 0 heterocycles. The number of rotatable bonds is 3. The lowest BCUT2D eigenvalue weighted by atomic mass is 10.1. The van der Waals surface area contributed by atoms with E-state index in [1.807, 2.05) is 20.8 Å². The summed E-state index contributed by atoms with van der Waals surface area (Å²) in [5, 5.41) is 3.00. The maximum atomic E-state index is 13.4. The molecule has 0 saturated carbocycles. The molecule has 1 unspecified atom stereocenters. The van der Waals surface area contributed by atoms with E-state index in [4.69, 9.17) is 0 Å². The Morgan fingerprint density at radius 3 is 2.09 bits per heavy atom. The molecule has 0 aromatic heterocycles. The SMILES string of the molecule is CC(C)(C)Nc1ccc(S(=O)c2ccccc2)c(C(F)(F)F)c1. The fourth-order valence-corrected chi connectivity index (χ4v) is 3.32. The lowest BCUT2D eigenvalue weighted by Crippen LogP contribution is -2.26. The highest BCUT2D eigenvalue weighted by molar-refractivity contribution is 7.85. The third kappa shape index (κ3) is 4.58. The van der Waals surface area contributed by atoms with Crippen molar-refractivity contribution in [2.45, 2.75) is 42.3 Å². The van der Waals surface area contributed by atoms with Gasteiger partial charge in [-0.25, -0.2) is 4.21 Å². The number of hydrogen-bond acceptors (Lipinski definition) is 2. The number of alkyl halides is 3. The van der Waals surface area contributed by atoms with Crippen LogP contribution in [0.4, 0.5) is 18.9 Å². The minimum atomic E-state index is -4.57. The highest BCUT2D eigenvalue weighted by atomic mass is 32.2. The Bertz CT molecular complexity index is 706. The molecule has 0 spiro atoms. The standard InChI is InChI=1S/C17H18F3NOS/c1-16(2,3)21-12-9-10-15(14(11-12)17(18,19)20)23(22)13-7-5-4-6-8-13/h4-11,21H,1-3H3. The van der Waals surface area contributed by atoms with Gasteiger partial charge in [-0.15, -0.1) is 0 Å². The second kappa shape index (κ2) is 6.35. The molecule has 1 N–H and O–H groups in total. The summed E-state index contributed by atoms with van der Waals surface area (Å²) in [6, 6.07) is 11.9. The van der Waals surface area contributed by atoms with Gasteiger partial charge >= 0.3 is 6.18 Å². The molecule has 0 aliphatic carbocycles. The Labute approximate surface area is 136 Å². The zero-order valence-electron chi connectivity index (χ0n) is 13.1. The van der Waals surface area contributed by atoms with Crippen LogP contribution in [-0.2, 0) is 17.0 Å². The first-order valence-corrected chi connectivity index (χ1v) is 8.19. The monoisotopic (exact) mass is 341 g/mol. The molecule has 23 heavy (non-hydrogen) atoms. The highest BCUT2D eigenvalue weighted by Gasteiger charge is 2.35. The van der Waals surface area contributed by atoms with Crippen molar-refractivity contribution in [3.63, 3.8) is 0 Å². The van der Waals surface area contributed by atoms with Gasteiger partial charge < -0.3 is 5.32 Å². The molecular formula is C17H18F3NOS. The van der Waals surface area contributed by atoms with Crippen molar-refractivity contribution in [3.8, 4) is 0 Å². The van der Waals surface area contributed by atoms with Crippen molar-refractivity contribution in [1.82, 2.24) is 0 Å². The maximum Gasteiger partial charge on any atom is 0.417 e. The van der Waals surface area contributed by atoms with Gasteiger partial charge in [-0.2, -0.15) is 13.2 Å². The maximum absolute atomic E-state index is 13.4. The van der Waals surface area contributed by atoms with Crippen molar-refractivity contribution in [3.05, 3.63) is 54.1 Å². The summed E-state index contributed by atoms with van der Waals surface area (Å²) in [7, 11) is -1.88. The van der Waals surface area contributed by atoms with Crippen LogP contribution in [0.15, 0.2) is 58.3 Å². The van der Waals surface area contributed by atoms with Crippen LogP contribution >= 0.6 is 0 Å². The van der Waals surface area contributed by atoms with E-state index in [1.165, 1.54) is 12.1 Å². The molecule has 2 rings (SSSR count). The average molecular weight is 341 g/mol. The molecule has 1 atom stereocenters. The molecule has 0 aliphatic rings. The smallest absolute Gasteiger partial charge is 0.380 e. The average Bonchev–Trinajstić information content (AvgIpc) is 2.45. The van der Waals surface area contributed by atoms with E-state index < -0.39 is 22.5 Å². The van der Waals surface area contributed by atoms with Gasteiger partial charge in [-0.1, -0.05) is 18.2 Å². The van der Waals surface area contributed by atoms with Crippen LogP contribution in [0.3, 0.4) is 0 Å². The molecule has 0 fully saturated rings. The van der Waals surface area contributed by atoms with Gasteiger partial charge in [0.1, 0.15) is 0 Å². The first-order chi connectivity index (χ1) is 10.6. The van der Waals surface area contributed by atoms with Crippen LogP contribution in [0.25, 0.3) is 0 Å². The zero-order chi connectivity index (χ0) is 17.3. The quantitative estimate of drug-likeness (QED) is 0.843. The van der Waals surface area contributed by atoms with Gasteiger partial charge in [0.05, 0.1) is 21.3 Å². The minimum absolute atomic E-state index is 0.233. The van der Waals surface area contributed by atoms with Gasteiger partial charge in [-0.05, 0) is 51.1 Å². The van der Waals surface area contributed by atoms with Gasteiger partial charge in [-0.3, -0.25) is 0 Å². The molecule has 0 saturated heterocycles. The van der Waals surface area contributed by atoms with E-state index in [1.54, 1.807) is 30.3 Å². The highest BCUT2D eigenvalue weighted by Crippen LogP contribution is 2.37. The number of nitrogens with one attached hydrogen (secondary N) is 1. The number of hydrogen-bond donors (Lipinski definition) is 1. The number of anilines is 1. The predicted octanol–water partition coefficient (Wildman–Crippen LogP) is 5.08. The predicted molar refractivity (Wildman–Crippen MR) is 85.9 cm³/mol. The van der Waals surface area contributed by atoms with Crippen LogP contribution < -0.4 is 5.32 Å². The lowest BCUT2D eigenvalue weighted by Gasteiger charge is -2.23. The van der Waals surface area contributed by atoms with Gasteiger partial charge in [0.25, 0.3) is 0 Å². The fourth-order valence-electron chi connectivity index (χ4n) is 2.10. The van der Waals surface area contributed by atoms with E-state index >= 15 is 0 Å². The van der Waals surface area contributed by atoms with E-state index in [2.05, 4.69) is 5.32 Å². The molecule has 0 bridgehead atoms. The van der Waals surface area contributed by atoms with E-state index in [9.17, 15) is 17.4 Å². The van der Waals surface area contributed by atoms with Crippen LogP contribution in [0.1, 0.15) is 26.3 Å². The second-order valence-corrected chi connectivity index (χ2v) is 7.61. The van der Waals surface area contributed by atoms with Crippen molar-refractivity contribution < 1.29 is 17.4 Å². The summed E-state index contributed by atoms with van der Waals surface area (Å²) >= 11 is 0. The largest absolute Gasteiger partial charge is 0.417 e. The van der Waals surface area contributed by atoms with Crippen molar-refractivity contribution in [2.24, 2.45) is 0 Å². The summed E-state index contributed by atoms with van der Waals surface area (Å²) in [6.07, 6.45) is -4.57. The van der Waals surface area contributed by atoms with Gasteiger partial charge in [0.15, 0.2) is 0 Å². The van der Waals surface area contributed by atoms with Crippen LogP contribution in [-0.4, -0.2) is 9.75 Å². The summed E-state index contributed by atoms with van der Waals surface area (Å²) < 4.78 is 52.6. The van der Waals surface area contributed by atoms with Crippen LogP contribution in [0.2, 0.25) is 0 Å². The molecule has 2 aromatic carbocycles. The van der Waals surface area contributed by atoms with E-state index in [0.29, 0.717) is 10.6 Å². The van der Waals surface area contributed by atoms with E-state index in [-0.39, 0.29) is 10.4 Å². The minimum Gasteiger partial charge on any atom is -0.380 e. The molecule has 6 heteroatoms. The molecule has 0 radical (unpaired) electrons. The van der Waals surface area contributed by atoms with Crippen molar-refractivity contribution in [2.75, 3.05) is 5.32 Å². The van der Waals surface area contributed by atoms with Gasteiger partial charge in [0.2, 0.25) is 0 Å². The third-order valence-electron chi connectivity index (χ3n) is 2.96. The molecular weight excluding hydrogens is 323 g/mol. The first kappa shape index (κ1) is 17.5. The molecule has 124 valence electrons. The zero-order valence-corrected chi connectivity index (χ0v) is 13.9. The third-order valence-corrected chi connectivity index (χ3v) is 4.42. The Kier molecular flexibility index (Phi) is 4.84. The summed E-state index contributed by atoms with van der Waals surface area (Å²) in [5.41, 5.74) is -0.907. The Hall–Kier alpha value is -1.82.